The average molecular weight is 344 g/mol. The highest BCUT2D eigenvalue weighted by Gasteiger charge is 2.32. The van der Waals surface area contributed by atoms with Crippen LogP contribution in [0.15, 0.2) is 0 Å². The summed E-state index contributed by atoms with van der Waals surface area (Å²) in [5, 5.41) is 0. The van der Waals surface area contributed by atoms with Crippen LogP contribution < -0.4 is 0 Å². The Bertz CT molecular complexity index is 355. The van der Waals surface area contributed by atoms with E-state index in [4.69, 9.17) is 9.47 Å². The van der Waals surface area contributed by atoms with Crippen molar-refractivity contribution in [3.63, 3.8) is 0 Å². The van der Waals surface area contributed by atoms with E-state index in [1.54, 1.807) is 7.05 Å². The molecule has 0 rings (SSSR count). The van der Waals surface area contributed by atoms with E-state index in [9.17, 15) is 9.59 Å². The Labute approximate surface area is 148 Å². The summed E-state index contributed by atoms with van der Waals surface area (Å²) in [7, 11) is 1.60. The number of hydrogen-bond acceptors (Lipinski definition) is 4. The lowest BCUT2D eigenvalue weighted by molar-refractivity contribution is -0.151. The molecule has 0 aromatic heterocycles. The number of carbonyl (C=O) groups is 2. The zero-order valence-electron chi connectivity index (χ0n) is 16.5. The van der Waals surface area contributed by atoms with Crippen LogP contribution in [0, 0.1) is 11.8 Å². The van der Waals surface area contributed by atoms with Crippen LogP contribution in [-0.4, -0.2) is 43.3 Å². The number of rotatable bonds is 12. The molecule has 0 saturated carbocycles. The van der Waals surface area contributed by atoms with E-state index in [2.05, 4.69) is 6.92 Å². The molecule has 0 spiro atoms. The predicted molar refractivity (Wildman–Crippen MR) is 96.9 cm³/mol. The first-order valence-corrected chi connectivity index (χ1v) is 9.37. The van der Waals surface area contributed by atoms with Crippen LogP contribution in [0.5, 0.6) is 0 Å². The monoisotopic (exact) mass is 343 g/mol. The molecular formula is C19H37NO4. The lowest BCUT2D eigenvalue weighted by Gasteiger charge is -2.29. The Morgan fingerprint density at radius 1 is 0.917 bits per heavy atom. The Kier molecular flexibility index (Phi) is 12.4. The van der Waals surface area contributed by atoms with E-state index in [0.29, 0.717) is 13.2 Å². The summed E-state index contributed by atoms with van der Waals surface area (Å²) in [6.45, 7) is 10.7. The molecule has 0 saturated heterocycles. The van der Waals surface area contributed by atoms with Gasteiger partial charge in [-0.3, -0.25) is 4.90 Å². The minimum absolute atomic E-state index is 0.0312. The molecule has 0 aromatic carbocycles. The van der Waals surface area contributed by atoms with Gasteiger partial charge in [-0.25, -0.2) is 9.59 Å². The van der Waals surface area contributed by atoms with Crippen LogP contribution in [0.3, 0.4) is 0 Å². The first-order chi connectivity index (χ1) is 11.3. The van der Waals surface area contributed by atoms with E-state index >= 15 is 0 Å². The number of likely N-dealkylation sites (N-methyl/N-ethyl adjacent to an activating group) is 1. The van der Waals surface area contributed by atoms with Gasteiger partial charge in [-0.2, -0.15) is 0 Å². The molecule has 0 aliphatic rings. The van der Waals surface area contributed by atoms with Crippen LogP contribution >= 0.6 is 0 Å². The molecule has 0 radical (unpaired) electrons. The maximum atomic E-state index is 12.2. The van der Waals surface area contributed by atoms with Crippen molar-refractivity contribution in [3.05, 3.63) is 0 Å². The van der Waals surface area contributed by atoms with E-state index in [1.807, 2.05) is 27.7 Å². The number of hydrogen-bond donors (Lipinski definition) is 0. The second kappa shape index (κ2) is 13.1. The van der Waals surface area contributed by atoms with Gasteiger partial charge in [-0.1, -0.05) is 66.7 Å². The predicted octanol–water partition coefficient (Wildman–Crippen LogP) is 4.64. The molecule has 0 bridgehead atoms. The number of unbranched alkanes of at least 4 members (excludes halogenated alkanes) is 5. The van der Waals surface area contributed by atoms with Gasteiger partial charge >= 0.3 is 12.1 Å². The van der Waals surface area contributed by atoms with Crippen molar-refractivity contribution < 1.29 is 19.1 Å². The molecule has 0 aliphatic carbocycles. The quantitative estimate of drug-likeness (QED) is 0.383. The molecule has 1 atom stereocenters. The lowest BCUT2D eigenvalue weighted by atomic mass is 10.0. The molecule has 24 heavy (non-hydrogen) atoms. The largest absolute Gasteiger partial charge is 0.464 e. The van der Waals surface area contributed by atoms with Crippen LogP contribution in [0.1, 0.15) is 73.1 Å². The van der Waals surface area contributed by atoms with Crippen molar-refractivity contribution in [2.45, 2.75) is 79.2 Å². The summed E-state index contributed by atoms with van der Waals surface area (Å²) >= 11 is 0. The highest BCUT2D eigenvalue weighted by molar-refractivity contribution is 5.81. The van der Waals surface area contributed by atoms with Gasteiger partial charge in [0.15, 0.2) is 0 Å². The average Bonchev–Trinajstić information content (AvgIpc) is 2.51. The highest BCUT2D eigenvalue weighted by atomic mass is 16.6. The SMILES string of the molecule is CCCCCCCCOC(=O)N(C)C(C(=O)OCC(C)C)C(C)C. The van der Waals surface area contributed by atoms with Crippen molar-refractivity contribution in [2.24, 2.45) is 11.8 Å². The van der Waals surface area contributed by atoms with Gasteiger partial charge in [0.05, 0.1) is 13.2 Å². The normalized spacial score (nSPS) is 12.3. The minimum Gasteiger partial charge on any atom is -0.464 e. The lowest BCUT2D eigenvalue weighted by Crippen LogP contribution is -2.47. The minimum atomic E-state index is -0.610. The van der Waals surface area contributed by atoms with Crippen molar-refractivity contribution in [3.8, 4) is 0 Å². The van der Waals surface area contributed by atoms with Crippen LogP contribution in [0.2, 0.25) is 0 Å². The first kappa shape index (κ1) is 22.7. The highest BCUT2D eigenvalue weighted by Crippen LogP contribution is 2.14. The fourth-order valence-corrected chi connectivity index (χ4v) is 2.47. The van der Waals surface area contributed by atoms with Gasteiger partial charge in [-0.05, 0) is 18.3 Å². The smallest absolute Gasteiger partial charge is 0.410 e. The van der Waals surface area contributed by atoms with Gasteiger partial charge in [0.1, 0.15) is 6.04 Å². The molecule has 0 fully saturated rings. The maximum absolute atomic E-state index is 12.2. The van der Waals surface area contributed by atoms with Crippen molar-refractivity contribution in [2.75, 3.05) is 20.3 Å². The third-order valence-corrected chi connectivity index (χ3v) is 3.86. The molecule has 0 N–H and O–H groups in total. The van der Waals surface area contributed by atoms with Crippen LogP contribution in [0.4, 0.5) is 4.79 Å². The molecule has 0 aromatic rings. The third-order valence-electron chi connectivity index (χ3n) is 3.86. The summed E-state index contributed by atoms with van der Waals surface area (Å²) in [4.78, 5) is 25.8. The zero-order chi connectivity index (χ0) is 18.5. The van der Waals surface area contributed by atoms with Gasteiger partial charge in [-0.15, -0.1) is 0 Å². The number of amides is 1. The van der Waals surface area contributed by atoms with Crippen molar-refractivity contribution >= 4 is 12.1 Å². The Hall–Kier alpha value is -1.26. The number of esters is 1. The zero-order valence-corrected chi connectivity index (χ0v) is 16.5. The van der Waals surface area contributed by atoms with Gasteiger partial charge in [0, 0.05) is 7.05 Å². The maximum Gasteiger partial charge on any atom is 0.410 e. The molecule has 5 heteroatoms. The summed E-state index contributed by atoms with van der Waals surface area (Å²) in [5.41, 5.74) is 0. The standard InChI is InChI=1S/C19H37NO4/c1-7-8-9-10-11-12-13-23-19(22)20(6)17(16(4)5)18(21)24-14-15(2)3/h15-17H,7-14H2,1-6H3. The summed E-state index contributed by atoms with van der Waals surface area (Å²) in [5.74, 6) is -0.124. The van der Waals surface area contributed by atoms with E-state index in [0.717, 1.165) is 12.8 Å². The van der Waals surface area contributed by atoms with E-state index in [1.165, 1.54) is 30.6 Å². The number of nitrogens with zero attached hydrogens (tertiary/aromatic N) is 1. The van der Waals surface area contributed by atoms with Crippen molar-refractivity contribution in [1.29, 1.82) is 0 Å². The second-order valence-electron chi connectivity index (χ2n) is 7.21. The molecule has 1 amide bonds. The number of carbonyl (C=O) groups excluding carboxylic acids is 2. The Morgan fingerprint density at radius 2 is 1.50 bits per heavy atom. The molecule has 1 unspecified atom stereocenters. The molecule has 5 nitrogen and oxygen atoms in total. The topological polar surface area (TPSA) is 55.8 Å². The molecule has 0 aliphatic heterocycles. The van der Waals surface area contributed by atoms with E-state index in [-0.39, 0.29) is 17.8 Å². The summed E-state index contributed by atoms with van der Waals surface area (Å²) in [6, 6.07) is -0.610. The summed E-state index contributed by atoms with van der Waals surface area (Å²) < 4.78 is 10.6. The van der Waals surface area contributed by atoms with E-state index < -0.39 is 12.1 Å². The Balaban J connectivity index is 4.25. The summed E-state index contributed by atoms with van der Waals surface area (Å²) in [6.07, 6.45) is 6.39. The third kappa shape index (κ3) is 9.78. The van der Waals surface area contributed by atoms with Crippen molar-refractivity contribution in [1.82, 2.24) is 4.90 Å². The molecule has 0 heterocycles. The van der Waals surface area contributed by atoms with Gasteiger partial charge in [0.25, 0.3) is 0 Å². The van der Waals surface area contributed by atoms with Crippen LogP contribution in [-0.2, 0) is 14.3 Å². The Morgan fingerprint density at radius 3 is 2.04 bits per heavy atom. The first-order valence-electron chi connectivity index (χ1n) is 9.37. The molecule has 142 valence electrons. The van der Waals surface area contributed by atoms with Gasteiger partial charge < -0.3 is 9.47 Å². The van der Waals surface area contributed by atoms with Crippen LogP contribution in [0.25, 0.3) is 0 Å². The molecular weight excluding hydrogens is 306 g/mol. The fourth-order valence-electron chi connectivity index (χ4n) is 2.47. The number of ether oxygens (including phenoxy) is 2. The second-order valence-corrected chi connectivity index (χ2v) is 7.21. The fraction of sp³-hybridized carbons (Fsp3) is 0.895. The van der Waals surface area contributed by atoms with Gasteiger partial charge in [0.2, 0.25) is 0 Å².